The molecule has 0 atom stereocenters. The van der Waals surface area contributed by atoms with Gasteiger partial charge in [-0.15, -0.1) is 0 Å². The highest BCUT2D eigenvalue weighted by molar-refractivity contribution is 7.88. The van der Waals surface area contributed by atoms with Gasteiger partial charge in [0.25, 0.3) is 0 Å². The predicted molar refractivity (Wildman–Crippen MR) is 90.4 cm³/mol. The molecule has 0 spiro atoms. The molecule has 0 saturated heterocycles. The summed E-state index contributed by atoms with van der Waals surface area (Å²) in [4.78, 5) is 12.1. The van der Waals surface area contributed by atoms with Gasteiger partial charge in [0.05, 0.1) is 6.26 Å². The lowest BCUT2D eigenvalue weighted by Gasteiger charge is -2.21. The highest BCUT2D eigenvalue weighted by atomic mass is 32.2. The van der Waals surface area contributed by atoms with E-state index in [9.17, 15) is 13.2 Å². The molecular formula is C16H26N2O3S. The minimum Gasteiger partial charge on any atom is -0.326 e. The molecule has 1 aromatic carbocycles. The molecule has 0 bridgehead atoms. The molecule has 5 nitrogen and oxygen atoms in total. The van der Waals surface area contributed by atoms with Gasteiger partial charge in [0.2, 0.25) is 15.9 Å². The number of aryl methyl sites for hydroxylation is 2. The van der Waals surface area contributed by atoms with Crippen LogP contribution in [0.25, 0.3) is 0 Å². The maximum atomic E-state index is 12.1. The monoisotopic (exact) mass is 326 g/mol. The molecule has 0 aliphatic heterocycles. The van der Waals surface area contributed by atoms with Gasteiger partial charge in [-0.25, -0.2) is 12.7 Å². The van der Waals surface area contributed by atoms with Crippen LogP contribution in [0.3, 0.4) is 0 Å². The molecule has 1 aromatic rings. The van der Waals surface area contributed by atoms with Crippen molar-refractivity contribution in [2.24, 2.45) is 5.92 Å². The van der Waals surface area contributed by atoms with Crippen LogP contribution in [0.4, 0.5) is 5.69 Å². The minimum atomic E-state index is -3.29. The van der Waals surface area contributed by atoms with E-state index in [2.05, 4.69) is 5.32 Å². The van der Waals surface area contributed by atoms with Crippen LogP contribution >= 0.6 is 0 Å². The summed E-state index contributed by atoms with van der Waals surface area (Å²) >= 11 is 0. The van der Waals surface area contributed by atoms with Crippen LogP contribution in [0.5, 0.6) is 0 Å². The second kappa shape index (κ2) is 7.74. The van der Waals surface area contributed by atoms with E-state index in [-0.39, 0.29) is 24.8 Å². The topological polar surface area (TPSA) is 66.5 Å². The highest BCUT2D eigenvalue weighted by Crippen LogP contribution is 2.16. The van der Waals surface area contributed by atoms with Gasteiger partial charge in [0, 0.05) is 25.2 Å². The van der Waals surface area contributed by atoms with Gasteiger partial charge in [-0.1, -0.05) is 26.0 Å². The lowest BCUT2D eigenvalue weighted by atomic mass is 10.1. The Labute approximate surface area is 133 Å². The van der Waals surface area contributed by atoms with Gasteiger partial charge < -0.3 is 5.32 Å². The number of sulfonamides is 1. The van der Waals surface area contributed by atoms with Gasteiger partial charge in [-0.2, -0.15) is 0 Å². The molecule has 1 N–H and O–H groups in total. The number of nitrogens with one attached hydrogen (secondary N) is 1. The molecule has 124 valence electrons. The first kappa shape index (κ1) is 18.6. The Bertz CT molecular complexity index is 624. The number of carbonyl (C=O) groups is 1. The van der Waals surface area contributed by atoms with Crippen molar-refractivity contribution in [3.8, 4) is 0 Å². The molecule has 1 amide bonds. The summed E-state index contributed by atoms with van der Waals surface area (Å²) in [5.41, 5.74) is 2.83. The number of benzene rings is 1. The van der Waals surface area contributed by atoms with Crippen molar-refractivity contribution in [1.29, 1.82) is 0 Å². The van der Waals surface area contributed by atoms with E-state index in [1.807, 2.05) is 45.9 Å². The number of carbonyl (C=O) groups excluding carboxylic acids is 1. The van der Waals surface area contributed by atoms with Gasteiger partial charge in [-0.3, -0.25) is 4.79 Å². The number of anilines is 1. The average molecular weight is 326 g/mol. The molecular weight excluding hydrogens is 300 g/mol. The quantitative estimate of drug-likeness (QED) is 0.837. The first-order valence-electron chi connectivity index (χ1n) is 7.42. The molecule has 0 fully saturated rings. The number of nitrogens with zero attached hydrogens (tertiary/aromatic N) is 1. The van der Waals surface area contributed by atoms with Crippen molar-refractivity contribution in [2.75, 3.05) is 24.7 Å². The smallest absolute Gasteiger partial charge is 0.225 e. The summed E-state index contributed by atoms with van der Waals surface area (Å²) in [6.07, 6.45) is 1.32. The molecule has 0 aromatic heterocycles. The standard InChI is InChI=1S/C16H26N2O3S/c1-12(2)11-18(22(5,20)21)9-8-16(19)17-15-10-13(3)6-7-14(15)4/h6-7,10,12H,8-9,11H2,1-5H3,(H,17,19). The van der Waals surface area contributed by atoms with Crippen LogP contribution in [-0.4, -0.2) is 38.0 Å². The van der Waals surface area contributed by atoms with Crippen LogP contribution in [0.15, 0.2) is 18.2 Å². The molecule has 0 saturated carbocycles. The lowest BCUT2D eigenvalue weighted by Crippen LogP contribution is -2.35. The summed E-state index contributed by atoms with van der Waals surface area (Å²) in [6, 6.07) is 5.85. The first-order valence-corrected chi connectivity index (χ1v) is 9.26. The average Bonchev–Trinajstić information content (AvgIpc) is 2.37. The predicted octanol–water partition coefficient (Wildman–Crippen LogP) is 2.55. The minimum absolute atomic E-state index is 0.146. The lowest BCUT2D eigenvalue weighted by molar-refractivity contribution is -0.116. The fraction of sp³-hybridized carbons (Fsp3) is 0.562. The third kappa shape index (κ3) is 6.15. The molecule has 0 unspecified atom stereocenters. The zero-order chi connectivity index (χ0) is 16.9. The van der Waals surface area contributed by atoms with Crippen molar-refractivity contribution in [1.82, 2.24) is 4.31 Å². The van der Waals surface area contributed by atoms with Crippen molar-refractivity contribution in [2.45, 2.75) is 34.1 Å². The number of hydrogen-bond donors (Lipinski definition) is 1. The van der Waals surface area contributed by atoms with E-state index in [4.69, 9.17) is 0 Å². The summed E-state index contributed by atoms with van der Waals surface area (Å²) in [5.74, 6) is 0.0444. The van der Waals surface area contributed by atoms with Crippen molar-refractivity contribution in [3.63, 3.8) is 0 Å². The van der Waals surface area contributed by atoms with Gasteiger partial charge >= 0.3 is 0 Å². The van der Waals surface area contributed by atoms with Crippen LogP contribution in [0.1, 0.15) is 31.4 Å². The molecule has 0 aliphatic carbocycles. The molecule has 0 radical (unpaired) electrons. The highest BCUT2D eigenvalue weighted by Gasteiger charge is 2.19. The Morgan fingerprint density at radius 2 is 1.91 bits per heavy atom. The third-order valence-electron chi connectivity index (χ3n) is 3.29. The Kier molecular flexibility index (Phi) is 6.56. The molecule has 1 rings (SSSR count). The van der Waals surface area contributed by atoms with Gasteiger partial charge in [0.15, 0.2) is 0 Å². The van der Waals surface area contributed by atoms with Crippen LogP contribution in [0, 0.1) is 19.8 Å². The summed E-state index contributed by atoms with van der Waals surface area (Å²) in [7, 11) is -3.29. The Balaban J connectivity index is 2.66. The van der Waals surface area contributed by atoms with E-state index < -0.39 is 10.0 Å². The van der Waals surface area contributed by atoms with E-state index in [0.717, 1.165) is 16.8 Å². The Morgan fingerprint density at radius 1 is 1.27 bits per heavy atom. The van der Waals surface area contributed by atoms with E-state index in [1.165, 1.54) is 10.6 Å². The van der Waals surface area contributed by atoms with E-state index in [1.54, 1.807) is 0 Å². The molecule has 0 aliphatic rings. The maximum absolute atomic E-state index is 12.1. The van der Waals surface area contributed by atoms with Gasteiger partial charge in [-0.05, 0) is 37.0 Å². The largest absolute Gasteiger partial charge is 0.326 e. The summed E-state index contributed by atoms with van der Waals surface area (Å²) in [5, 5.41) is 2.85. The normalized spacial score (nSPS) is 12.0. The van der Waals surface area contributed by atoms with Gasteiger partial charge in [0.1, 0.15) is 0 Å². The van der Waals surface area contributed by atoms with Crippen molar-refractivity contribution >= 4 is 21.6 Å². The SMILES string of the molecule is Cc1ccc(C)c(NC(=O)CCN(CC(C)C)S(C)(=O)=O)c1. The number of rotatable bonds is 7. The van der Waals surface area contributed by atoms with E-state index in [0.29, 0.717) is 6.54 Å². The summed E-state index contributed by atoms with van der Waals surface area (Å²) < 4.78 is 24.8. The Morgan fingerprint density at radius 3 is 2.45 bits per heavy atom. The fourth-order valence-corrected chi connectivity index (χ4v) is 3.10. The Hall–Kier alpha value is -1.40. The van der Waals surface area contributed by atoms with Crippen molar-refractivity contribution < 1.29 is 13.2 Å². The summed E-state index contributed by atoms with van der Waals surface area (Å²) in [6.45, 7) is 8.42. The first-order chi connectivity index (χ1) is 10.1. The van der Waals surface area contributed by atoms with Crippen LogP contribution in [-0.2, 0) is 14.8 Å². The van der Waals surface area contributed by atoms with E-state index >= 15 is 0 Å². The fourth-order valence-electron chi connectivity index (χ4n) is 2.11. The molecule has 6 heteroatoms. The molecule has 0 heterocycles. The third-order valence-corrected chi connectivity index (χ3v) is 4.56. The number of amides is 1. The number of hydrogen-bond acceptors (Lipinski definition) is 3. The molecule has 22 heavy (non-hydrogen) atoms. The van der Waals surface area contributed by atoms with Crippen LogP contribution < -0.4 is 5.32 Å². The zero-order valence-electron chi connectivity index (χ0n) is 14.0. The van der Waals surface area contributed by atoms with Crippen molar-refractivity contribution in [3.05, 3.63) is 29.3 Å². The van der Waals surface area contributed by atoms with Crippen LogP contribution in [0.2, 0.25) is 0 Å². The zero-order valence-corrected chi connectivity index (χ0v) is 14.8. The second-order valence-electron chi connectivity index (χ2n) is 6.13. The maximum Gasteiger partial charge on any atom is 0.225 e. The second-order valence-corrected chi connectivity index (χ2v) is 8.11.